The van der Waals surface area contributed by atoms with Gasteiger partial charge in [0.1, 0.15) is 23.0 Å². The molecule has 264 valence electrons. The summed E-state index contributed by atoms with van der Waals surface area (Å²) in [5, 5.41) is 2.57. The lowest BCUT2D eigenvalue weighted by Crippen LogP contribution is -2.40. The van der Waals surface area contributed by atoms with Gasteiger partial charge >= 0.3 is 0 Å². The second-order valence-corrected chi connectivity index (χ2v) is 14.1. The maximum atomic E-state index is 12.1. The fraction of sp³-hybridized carbons (Fsp3) is 0.364. The van der Waals surface area contributed by atoms with Crippen molar-refractivity contribution in [3.63, 3.8) is 0 Å². The van der Waals surface area contributed by atoms with Gasteiger partial charge in [0.2, 0.25) is 17.8 Å². The number of nitrogens with zero attached hydrogens (tertiary/aromatic N) is 4. The van der Waals surface area contributed by atoms with Gasteiger partial charge in [0.25, 0.3) is 0 Å². The van der Waals surface area contributed by atoms with Crippen LogP contribution in [-0.4, -0.2) is 46.1 Å². The van der Waals surface area contributed by atoms with Crippen LogP contribution in [0.1, 0.15) is 64.5 Å². The number of ether oxygens (including phenoxy) is 4. The number of benzene rings is 2. The highest BCUT2D eigenvalue weighted by Crippen LogP contribution is 2.39. The Morgan fingerprint density at radius 2 is 1.14 bits per heavy atom. The number of amides is 1. The van der Waals surface area contributed by atoms with Crippen LogP contribution in [0.25, 0.3) is 0 Å². The van der Waals surface area contributed by atoms with Crippen molar-refractivity contribution in [3.8, 4) is 34.5 Å². The molecule has 1 amide bonds. The van der Waals surface area contributed by atoms with Gasteiger partial charge in [-0.3, -0.25) is 10.1 Å². The zero-order valence-corrected chi connectivity index (χ0v) is 33.0. The predicted octanol–water partition coefficient (Wildman–Crippen LogP) is 6.68. The van der Waals surface area contributed by atoms with E-state index in [0.29, 0.717) is 23.0 Å². The molecule has 2 heterocycles. The Kier molecular flexibility index (Phi) is 14.2. The Hall–Kier alpha value is -3.91. The molecule has 0 spiro atoms. The van der Waals surface area contributed by atoms with Crippen LogP contribution in [-0.2, 0) is 4.79 Å². The molecule has 0 fully saturated rings. The maximum absolute atomic E-state index is 12.1. The first-order valence-corrected chi connectivity index (χ1v) is 17.4. The third-order valence-corrected chi connectivity index (χ3v) is 8.78. The van der Waals surface area contributed by atoms with Crippen LogP contribution in [0.3, 0.4) is 0 Å². The van der Waals surface area contributed by atoms with Gasteiger partial charge in [0, 0.05) is 11.1 Å². The van der Waals surface area contributed by atoms with Crippen molar-refractivity contribution >= 4 is 74.6 Å². The normalized spacial score (nSPS) is 11.6. The molecule has 0 radical (unpaired) electrons. The first-order valence-electron chi connectivity index (χ1n) is 15.2. The molecule has 2 aromatic heterocycles. The summed E-state index contributed by atoms with van der Waals surface area (Å²) >= 11 is 4.38. The molecule has 1 atom stereocenters. The van der Waals surface area contributed by atoms with Gasteiger partial charge < -0.3 is 41.9 Å². The summed E-state index contributed by atoms with van der Waals surface area (Å²) < 4.78 is 24.4. The van der Waals surface area contributed by atoms with E-state index in [1.54, 1.807) is 14.2 Å². The number of rotatable bonds is 11. The Balaban J connectivity index is 0.000000276. The smallest absolute Gasteiger partial charge is 0.243 e. The highest BCUT2D eigenvalue weighted by molar-refractivity contribution is 14.1. The Morgan fingerprint density at radius 1 is 0.694 bits per heavy atom. The summed E-state index contributed by atoms with van der Waals surface area (Å²) in [4.78, 5) is 28.1. The van der Waals surface area contributed by atoms with Crippen LogP contribution in [0.5, 0.6) is 34.5 Å². The number of carbonyl (C=O) groups excluding carboxylic acids is 1. The van der Waals surface area contributed by atoms with Crippen LogP contribution >= 0.6 is 45.2 Å². The molecule has 4 rings (SSSR count). The van der Waals surface area contributed by atoms with Crippen molar-refractivity contribution in [1.29, 1.82) is 0 Å². The number of nitrogens with one attached hydrogen (secondary N) is 1. The van der Waals surface area contributed by atoms with Gasteiger partial charge in [-0.05, 0) is 87.2 Å². The van der Waals surface area contributed by atoms with E-state index >= 15 is 0 Å². The van der Waals surface area contributed by atoms with E-state index in [1.165, 1.54) is 12.4 Å². The molecule has 49 heavy (non-hydrogen) atoms. The number of halogens is 2. The summed E-state index contributed by atoms with van der Waals surface area (Å²) in [7, 11) is 3.28. The summed E-state index contributed by atoms with van der Waals surface area (Å²) in [5.41, 5.74) is 25.1. The fourth-order valence-electron chi connectivity index (χ4n) is 4.23. The van der Waals surface area contributed by atoms with Crippen molar-refractivity contribution in [3.05, 3.63) is 54.9 Å². The monoisotopic (exact) mass is 899 g/mol. The SMILES string of the molecule is COc1cc(C(C)C)c(Oc2cnc(N)nc2N)cc1I.COc1cc(C(C)C)c(Oc2cnc(NC(=O)C(N)C(C)C)nc2N)cc1I. The average Bonchev–Trinajstić information content (AvgIpc) is 3.03. The summed E-state index contributed by atoms with van der Waals surface area (Å²) in [6.45, 7) is 12.0. The Bertz CT molecular complexity index is 1770. The highest BCUT2D eigenvalue weighted by Gasteiger charge is 2.20. The fourth-order valence-corrected chi connectivity index (χ4v) is 5.54. The molecule has 1 unspecified atom stereocenters. The van der Waals surface area contributed by atoms with Crippen molar-refractivity contribution in [2.45, 2.75) is 59.4 Å². The van der Waals surface area contributed by atoms with Crippen LogP contribution in [0, 0.1) is 13.1 Å². The van der Waals surface area contributed by atoms with Crippen molar-refractivity contribution in [2.24, 2.45) is 11.7 Å². The number of carbonyl (C=O) groups is 1. The van der Waals surface area contributed by atoms with Gasteiger partial charge in [0.05, 0.1) is 39.8 Å². The third kappa shape index (κ3) is 10.5. The number of hydrogen-bond acceptors (Lipinski definition) is 13. The lowest BCUT2D eigenvalue weighted by Gasteiger charge is -2.17. The molecule has 0 saturated carbocycles. The molecule has 0 aliphatic rings. The van der Waals surface area contributed by atoms with Crippen LogP contribution in [0.2, 0.25) is 0 Å². The van der Waals surface area contributed by atoms with E-state index in [9.17, 15) is 4.79 Å². The minimum absolute atomic E-state index is 0.00745. The maximum Gasteiger partial charge on any atom is 0.243 e. The second-order valence-electron chi connectivity index (χ2n) is 11.7. The molecular formula is C33H43I2N9O5. The van der Waals surface area contributed by atoms with Crippen LogP contribution in [0.15, 0.2) is 36.7 Å². The largest absolute Gasteiger partial charge is 0.496 e. The van der Waals surface area contributed by atoms with Crippen LogP contribution < -0.4 is 47.2 Å². The molecule has 0 aliphatic heterocycles. The minimum atomic E-state index is -0.657. The quantitative estimate of drug-likeness (QED) is 0.0993. The van der Waals surface area contributed by atoms with E-state index in [4.69, 9.17) is 41.9 Å². The molecule has 4 aromatic rings. The zero-order valence-electron chi connectivity index (χ0n) is 28.7. The number of methoxy groups -OCH3 is 2. The first kappa shape index (κ1) is 39.5. The summed E-state index contributed by atoms with van der Waals surface area (Å²) in [5.74, 6) is 4.25. The highest BCUT2D eigenvalue weighted by atomic mass is 127. The third-order valence-electron chi connectivity index (χ3n) is 7.09. The molecule has 0 aliphatic carbocycles. The second kappa shape index (κ2) is 17.7. The predicted molar refractivity (Wildman–Crippen MR) is 208 cm³/mol. The number of aromatic nitrogens is 4. The molecule has 2 aromatic carbocycles. The number of nitrogen functional groups attached to an aromatic ring is 3. The van der Waals surface area contributed by atoms with E-state index in [0.717, 1.165) is 29.8 Å². The van der Waals surface area contributed by atoms with Crippen LogP contribution in [0.4, 0.5) is 23.5 Å². The van der Waals surface area contributed by atoms with E-state index in [2.05, 4.69) is 98.1 Å². The topological polar surface area (TPSA) is 222 Å². The molecule has 9 N–H and O–H groups in total. The summed E-state index contributed by atoms with van der Waals surface area (Å²) in [6, 6.07) is 7.04. The van der Waals surface area contributed by atoms with E-state index < -0.39 is 6.04 Å². The molecular weight excluding hydrogens is 856 g/mol. The first-order chi connectivity index (χ1) is 23.1. The zero-order chi connectivity index (χ0) is 36.6. The lowest BCUT2D eigenvalue weighted by molar-refractivity contribution is -0.118. The van der Waals surface area contributed by atoms with Gasteiger partial charge in [0.15, 0.2) is 23.1 Å². The van der Waals surface area contributed by atoms with Gasteiger partial charge in [-0.15, -0.1) is 0 Å². The van der Waals surface area contributed by atoms with Gasteiger partial charge in [-0.1, -0.05) is 41.5 Å². The van der Waals surface area contributed by atoms with Gasteiger partial charge in [-0.2, -0.15) is 9.97 Å². The van der Waals surface area contributed by atoms with Crippen molar-refractivity contribution in [2.75, 3.05) is 36.7 Å². The lowest BCUT2D eigenvalue weighted by atomic mass is 10.0. The molecule has 0 bridgehead atoms. The summed E-state index contributed by atoms with van der Waals surface area (Å²) in [6.07, 6.45) is 2.90. The standard InChI is InChI=1S/C19H26IN5O3.C14H17IN4O2/c1-9(2)11-6-14(27-5)12(20)7-13(11)28-15-8-23-19(24-17(15)22)25-18(26)16(21)10(3)4;1-7(2)8-4-11(20-3)9(15)5-10(8)21-12-6-18-14(17)19-13(12)16/h6-10,16H,21H2,1-5H3,(H3,22,23,24,25,26);4-7H,1-3H3,(H4,16,17,18,19). The van der Waals surface area contributed by atoms with Gasteiger partial charge in [-0.25, -0.2) is 9.97 Å². The molecule has 16 heteroatoms. The number of anilines is 4. The number of nitrogens with two attached hydrogens (primary N) is 4. The Morgan fingerprint density at radius 3 is 1.53 bits per heavy atom. The molecule has 14 nitrogen and oxygen atoms in total. The van der Waals surface area contributed by atoms with Crippen molar-refractivity contribution in [1.82, 2.24) is 19.9 Å². The van der Waals surface area contributed by atoms with E-state index in [-0.39, 0.29) is 47.2 Å². The average molecular weight is 900 g/mol. The van der Waals surface area contributed by atoms with Crippen molar-refractivity contribution < 1.29 is 23.7 Å². The molecule has 0 saturated heterocycles. The minimum Gasteiger partial charge on any atom is -0.496 e. The number of hydrogen-bond donors (Lipinski definition) is 5. The van der Waals surface area contributed by atoms with E-state index in [1.807, 2.05) is 38.1 Å². The Labute approximate surface area is 313 Å².